The number of fused-ring (bicyclic) bond motifs is 3. The van der Waals surface area contributed by atoms with Crippen LogP contribution in [-0.4, -0.2) is 40.7 Å². The summed E-state index contributed by atoms with van der Waals surface area (Å²) in [6.07, 6.45) is 16.7. The predicted octanol–water partition coefficient (Wildman–Crippen LogP) is 10.3. The standard InChI is InChI=1S/C49H36N6O/c56-43-21-20-39-38-18-10-11-19-42(38)55(46(39)44(43)34-16-8-3-9-17-34)45-40(32-12-4-1-5-13-32)30-37(31-41(45)33-14-6-2-7-15-33)49-53-47(35-22-26-50-27-23-35)52-48(54-49)36-24-28-51-29-25-36/h1-10,12-18,20-31,43-44,56H,11,19H2. The van der Waals surface area contributed by atoms with E-state index in [-0.39, 0.29) is 5.92 Å². The lowest BCUT2D eigenvalue weighted by Gasteiger charge is -2.30. The van der Waals surface area contributed by atoms with Crippen LogP contribution in [0.4, 0.5) is 0 Å². The number of rotatable bonds is 7. The molecule has 7 heteroatoms. The molecule has 0 bridgehead atoms. The van der Waals surface area contributed by atoms with E-state index in [1.807, 2.05) is 36.4 Å². The molecule has 1 N–H and O–H groups in total. The van der Waals surface area contributed by atoms with Crippen molar-refractivity contribution in [2.75, 3.05) is 0 Å². The number of aliphatic hydroxyl groups is 1. The minimum absolute atomic E-state index is 0.281. The molecule has 4 aromatic carbocycles. The Labute approximate surface area is 325 Å². The van der Waals surface area contributed by atoms with Gasteiger partial charge in [0.15, 0.2) is 17.5 Å². The minimum Gasteiger partial charge on any atom is -0.388 e. The largest absolute Gasteiger partial charge is 0.388 e. The van der Waals surface area contributed by atoms with Crippen LogP contribution in [0.25, 0.3) is 74.3 Å². The molecule has 8 aromatic rings. The lowest BCUT2D eigenvalue weighted by atomic mass is 9.83. The van der Waals surface area contributed by atoms with Gasteiger partial charge < -0.3 is 9.67 Å². The van der Waals surface area contributed by atoms with E-state index in [1.165, 1.54) is 11.3 Å². The van der Waals surface area contributed by atoms with Crippen LogP contribution in [0.5, 0.6) is 0 Å². The van der Waals surface area contributed by atoms with Crippen molar-refractivity contribution in [2.24, 2.45) is 0 Å². The molecule has 0 radical (unpaired) electrons. The normalized spacial score (nSPS) is 15.7. The quantitative estimate of drug-likeness (QED) is 0.176. The summed E-state index contributed by atoms with van der Waals surface area (Å²) in [7, 11) is 0. The van der Waals surface area contributed by atoms with Crippen LogP contribution in [0.15, 0.2) is 164 Å². The van der Waals surface area contributed by atoms with Crippen molar-refractivity contribution in [2.45, 2.75) is 24.9 Å². The Morgan fingerprint density at radius 2 is 1.05 bits per heavy atom. The van der Waals surface area contributed by atoms with Gasteiger partial charge in [-0.25, -0.2) is 15.0 Å². The van der Waals surface area contributed by atoms with E-state index < -0.39 is 6.10 Å². The molecule has 56 heavy (non-hydrogen) atoms. The topological polar surface area (TPSA) is 89.6 Å². The minimum atomic E-state index is -0.702. The molecule has 2 aliphatic carbocycles. The van der Waals surface area contributed by atoms with Crippen LogP contribution in [0.3, 0.4) is 0 Å². The first kappa shape index (κ1) is 33.5. The fourth-order valence-corrected chi connectivity index (χ4v) is 8.20. The summed E-state index contributed by atoms with van der Waals surface area (Å²) in [6, 6.07) is 43.6. The maximum atomic E-state index is 11.9. The average molecular weight is 725 g/mol. The first-order chi connectivity index (χ1) is 27.7. The summed E-state index contributed by atoms with van der Waals surface area (Å²) in [5, 5.41) is 11.9. The van der Waals surface area contributed by atoms with E-state index in [0.29, 0.717) is 17.5 Å². The Hall–Kier alpha value is -7.09. The van der Waals surface area contributed by atoms with Gasteiger partial charge in [0.1, 0.15) is 0 Å². The van der Waals surface area contributed by atoms with Crippen molar-refractivity contribution in [3.05, 3.63) is 192 Å². The van der Waals surface area contributed by atoms with Gasteiger partial charge >= 0.3 is 0 Å². The number of allylic oxidation sites excluding steroid dienone is 1. The van der Waals surface area contributed by atoms with Crippen molar-refractivity contribution in [3.8, 4) is 62.1 Å². The molecule has 2 aliphatic rings. The molecule has 0 saturated heterocycles. The van der Waals surface area contributed by atoms with Crippen LogP contribution < -0.4 is 0 Å². The molecule has 7 nitrogen and oxygen atoms in total. The van der Waals surface area contributed by atoms with Gasteiger partial charge in [0.05, 0.1) is 17.7 Å². The second kappa shape index (κ2) is 14.3. The van der Waals surface area contributed by atoms with Crippen molar-refractivity contribution in [1.29, 1.82) is 0 Å². The highest BCUT2D eigenvalue weighted by atomic mass is 16.3. The Morgan fingerprint density at radius 1 is 0.536 bits per heavy atom. The zero-order chi connectivity index (χ0) is 37.4. The maximum Gasteiger partial charge on any atom is 0.164 e. The summed E-state index contributed by atoms with van der Waals surface area (Å²) in [5.74, 6) is 1.39. The molecular weight excluding hydrogens is 689 g/mol. The van der Waals surface area contributed by atoms with Gasteiger partial charge in [0.2, 0.25) is 0 Å². The van der Waals surface area contributed by atoms with Gasteiger partial charge in [-0.3, -0.25) is 9.97 Å². The van der Waals surface area contributed by atoms with Gasteiger partial charge in [-0.2, -0.15) is 0 Å². The third kappa shape index (κ3) is 5.95. The number of aromatic nitrogens is 6. The fourth-order valence-electron chi connectivity index (χ4n) is 8.20. The molecular formula is C49H36N6O. The molecule has 0 saturated carbocycles. The highest BCUT2D eigenvalue weighted by molar-refractivity contribution is 5.91. The molecule has 2 atom stereocenters. The Bertz CT molecular complexity index is 2630. The number of hydrogen-bond acceptors (Lipinski definition) is 6. The lowest BCUT2D eigenvalue weighted by molar-refractivity contribution is 0.201. The van der Waals surface area contributed by atoms with Crippen LogP contribution in [-0.2, 0) is 6.42 Å². The number of aliphatic hydroxyl groups excluding tert-OH is 1. The number of nitrogens with zero attached hydrogens (tertiary/aromatic N) is 6. The predicted molar refractivity (Wildman–Crippen MR) is 223 cm³/mol. The molecule has 4 heterocycles. The van der Waals surface area contributed by atoms with Crippen molar-refractivity contribution in [1.82, 2.24) is 29.5 Å². The van der Waals surface area contributed by atoms with E-state index in [0.717, 1.165) is 74.3 Å². The summed E-state index contributed by atoms with van der Waals surface area (Å²) < 4.78 is 2.48. The summed E-state index contributed by atoms with van der Waals surface area (Å²) >= 11 is 0. The zero-order valence-corrected chi connectivity index (χ0v) is 30.4. The lowest BCUT2D eigenvalue weighted by Crippen LogP contribution is -2.24. The van der Waals surface area contributed by atoms with E-state index in [9.17, 15) is 5.11 Å². The smallest absolute Gasteiger partial charge is 0.164 e. The molecule has 10 rings (SSSR count). The van der Waals surface area contributed by atoms with Gasteiger partial charge in [-0.1, -0.05) is 115 Å². The monoisotopic (exact) mass is 724 g/mol. The highest BCUT2D eigenvalue weighted by Gasteiger charge is 2.36. The number of benzene rings is 4. The maximum absolute atomic E-state index is 11.9. The fraction of sp³-hybridized carbons (Fsp3) is 0.0816. The Morgan fingerprint density at radius 3 is 1.61 bits per heavy atom. The second-order valence-corrected chi connectivity index (χ2v) is 14.1. The molecule has 2 unspecified atom stereocenters. The van der Waals surface area contributed by atoms with Gasteiger partial charge in [-0.05, 0) is 65.9 Å². The number of pyridine rings is 2. The van der Waals surface area contributed by atoms with E-state index in [2.05, 4.69) is 130 Å². The summed E-state index contributed by atoms with van der Waals surface area (Å²) in [6.45, 7) is 0. The summed E-state index contributed by atoms with van der Waals surface area (Å²) in [4.78, 5) is 23.7. The molecule has 268 valence electrons. The first-order valence-electron chi connectivity index (χ1n) is 18.9. The van der Waals surface area contributed by atoms with Crippen LogP contribution in [0.1, 0.15) is 40.4 Å². The molecule has 0 amide bonds. The Kier molecular flexibility index (Phi) is 8.54. The second-order valence-electron chi connectivity index (χ2n) is 14.1. The first-order valence-corrected chi connectivity index (χ1v) is 18.9. The van der Waals surface area contributed by atoms with E-state index in [4.69, 9.17) is 15.0 Å². The highest BCUT2D eigenvalue weighted by Crippen LogP contribution is 2.48. The van der Waals surface area contributed by atoms with Crippen molar-refractivity contribution in [3.63, 3.8) is 0 Å². The van der Waals surface area contributed by atoms with Crippen LogP contribution in [0.2, 0.25) is 0 Å². The van der Waals surface area contributed by atoms with Gasteiger partial charge in [0, 0.05) is 75.1 Å². The van der Waals surface area contributed by atoms with E-state index in [1.54, 1.807) is 24.8 Å². The molecule has 0 spiro atoms. The zero-order valence-electron chi connectivity index (χ0n) is 30.4. The van der Waals surface area contributed by atoms with Crippen molar-refractivity contribution < 1.29 is 5.11 Å². The molecule has 0 aliphatic heterocycles. The molecule has 0 fully saturated rings. The van der Waals surface area contributed by atoms with Crippen LogP contribution in [0, 0.1) is 0 Å². The van der Waals surface area contributed by atoms with Crippen molar-refractivity contribution >= 4 is 12.2 Å². The molecule has 4 aromatic heterocycles. The third-order valence-corrected chi connectivity index (χ3v) is 10.7. The number of hydrogen-bond donors (Lipinski definition) is 1. The van der Waals surface area contributed by atoms with Gasteiger partial charge in [-0.15, -0.1) is 0 Å². The average Bonchev–Trinajstić information content (AvgIpc) is 3.61. The van der Waals surface area contributed by atoms with Gasteiger partial charge in [0.25, 0.3) is 0 Å². The SMILES string of the molecule is OC1C=Cc2c3c(n(-c4c(-c5ccccc5)cc(-c5nc(-c6ccncc6)nc(-c6ccncc6)n5)cc4-c4ccccc4)c2C1c1ccccc1)CCC=C3. The Balaban J connectivity index is 1.31. The van der Waals surface area contributed by atoms with E-state index >= 15 is 0 Å². The summed E-state index contributed by atoms with van der Waals surface area (Å²) in [5.41, 5.74) is 13.5. The van der Waals surface area contributed by atoms with Crippen LogP contribution >= 0.6 is 0 Å². The third-order valence-electron chi connectivity index (χ3n) is 10.7.